The van der Waals surface area contributed by atoms with Crippen LogP contribution >= 0.6 is 11.8 Å². The largest absolute Gasteiger partial charge is 0.507 e. The van der Waals surface area contributed by atoms with Crippen molar-refractivity contribution in [1.29, 1.82) is 0 Å². The highest BCUT2D eigenvalue weighted by molar-refractivity contribution is 8.00. The van der Waals surface area contributed by atoms with Gasteiger partial charge in [-0.15, -0.1) is 11.8 Å². The molecule has 1 aromatic carbocycles. The summed E-state index contributed by atoms with van der Waals surface area (Å²) in [6.07, 6.45) is 0. The second-order valence-electron chi connectivity index (χ2n) is 3.87. The van der Waals surface area contributed by atoms with E-state index in [0.717, 1.165) is 30.0 Å². The fourth-order valence-electron chi connectivity index (χ4n) is 1.17. The summed E-state index contributed by atoms with van der Waals surface area (Å²) >= 11 is 1.13. The highest BCUT2D eigenvalue weighted by Gasteiger charge is 2.13. The molecule has 0 atom stereocenters. The number of benzene rings is 1. The molecule has 0 spiro atoms. The molecule has 0 aromatic heterocycles. The normalized spacial score (nSPS) is 10.2. The van der Waals surface area contributed by atoms with Crippen molar-refractivity contribution >= 4 is 23.5 Å². The van der Waals surface area contributed by atoms with Crippen molar-refractivity contribution in [2.24, 2.45) is 0 Å². The van der Waals surface area contributed by atoms with Crippen LogP contribution in [0.25, 0.3) is 0 Å². The van der Waals surface area contributed by atoms with Crippen molar-refractivity contribution in [3.05, 3.63) is 29.6 Å². The standard InChI is InChI=1S/C12H14FNO3S/c1-14(2)12(17)7-18-6-11(16)9-5-8(13)3-4-10(9)15/h3-5,15H,6-7H2,1-2H3. The predicted molar refractivity (Wildman–Crippen MR) is 68.4 cm³/mol. The lowest BCUT2D eigenvalue weighted by Gasteiger charge is -2.09. The molecule has 1 amide bonds. The molecule has 0 aliphatic heterocycles. The van der Waals surface area contributed by atoms with E-state index in [0.29, 0.717) is 0 Å². The second kappa shape index (κ2) is 6.39. The highest BCUT2D eigenvalue weighted by atomic mass is 32.2. The van der Waals surface area contributed by atoms with Gasteiger partial charge in [0.1, 0.15) is 11.6 Å². The van der Waals surface area contributed by atoms with Crippen molar-refractivity contribution in [2.45, 2.75) is 0 Å². The number of carbonyl (C=O) groups is 2. The van der Waals surface area contributed by atoms with Crippen molar-refractivity contribution in [3.63, 3.8) is 0 Å². The number of Topliss-reactive ketones (excluding diaryl/α,β-unsaturated/α-hetero) is 1. The summed E-state index contributed by atoms with van der Waals surface area (Å²) < 4.78 is 12.9. The minimum Gasteiger partial charge on any atom is -0.507 e. The third-order valence-electron chi connectivity index (χ3n) is 2.22. The average molecular weight is 271 g/mol. The molecule has 98 valence electrons. The number of hydrogen-bond donors (Lipinski definition) is 1. The maximum Gasteiger partial charge on any atom is 0.232 e. The Bertz CT molecular complexity index is 463. The van der Waals surface area contributed by atoms with Crippen LogP contribution in [0.3, 0.4) is 0 Å². The van der Waals surface area contributed by atoms with Crippen LogP contribution in [0.4, 0.5) is 4.39 Å². The average Bonchev–Trinajstić information content (AvgIpc) is 2.31. The molecule has 0 unspecified atom stereocenters. The van der Waals surface area contributed by atoms with E-state index in [-0.39, 0.29) is 28.7 Å². The van der Waals surface area contributed by atoms with E-state index in [1.165, 1.54) is 4.90 Å². The Morgan fingerprint density at radius 1 is 1.33 bits per heavy atom. The minimum atomic E-state index is -0.578. The fourth-order valence-corrected chi connectivity index (χ4v) is 2.05. The summed E-state index contributed by atoms with van der Waals surface area (Å²) in [7, 11) is 3.26. The fraction of sp³-hybridized carbons (Fsp3) is 0.333. The molecule has 1 rings (SSSR count). The van der Waals surface area contributed by atoms with E-state index >= 15 is 0 Å². The number of phenols is 1. The van der Waals surface area contributed by atoms with Gasteiger partial charge >= 0.3 is 0 Å². The topological polar surface area (TPSA) is 57.6 Å². The van der Waals surface area contributed by atoms with Gasteiger partial charge in [0.05, 0.1) is 17.1 Å². The van der Waals surface area contributed by atoms with Crippen LogP contribution in [0.5, 0.6) is 5.75 Å². The maximum absolute atomic E-state index is 12.9. The number of halogens is 1. The molecule has 0 bridgehead atoms. The Morgan fingerprint density at radius 2 is 2.00 bits per heavy atom. The van der Waals surface area contributed by atoms with Crippen LogP contribution in [-0.4, -0.2) is 47.3 Å². The molecular formula is C12H14FNO3S. The maximum atomic E-state index is 12.9. The first kappa shape index (κ1) is 14.5. The van der Waals surface area contributed by atoms with Crippen molar-refractivity contribution in [2.75, 3.05) is 25.6 Å². The number of amides is 1. The molecule has 0 heterocycles. The Labute approximate surface area is 109 Å². The first-order chi connectivity index (χ1) is 8.41. The van der Waals surface area contributed by atoms with Crippen molar-refractivity contribution in [3.8, 4) is 5.75 Å². The first-order valence-corrected chi connectivity index (χ1v) is 6.37. The lowest BCUT2D eigenvalue weighted by atomic mass is 10.1. The van der Waals surface area contributed by atoms with Gasteiger partial charge in [-0.1, -0.05) is 0 Å². The molecule has 4 nitrogen and oxygen atoms in total. The predicted octanol–water partition coefficient (Wildman–Crippen LogP) is 1.54. The van der Waals surface area contributed by atoms with Crippen LogP contribution in [0, 0.1) is 5.82 Å². The zero-order valence-electron chi connectivity index (χ0n) is 10.1. The lowest BCUT2D eigenvalue weighted by Crippen LogP contribution is -2.24. The van der Waals surface area contributed by atoms with Gasteiger partial charge in [-0.2, -0.15) is 0 Å². The van der Waals surface area contributed by atoms with Crippen LogP contribution in [0.2, 0.25) is 0 Å². The van der Waals surface area contributed by atoms with E-state index in [9.17, 15) is 19.1 Å². The quantitative estimate of drug-likeness (QED) is 0.825. The van der Waals surface area contributed by atoms with Gasteiger partial charge in [0, 0.05) is 14.1 Å². The summed E-state index contributed by atoms with van der Waals surface area (Å²) in [6.45, 7) is 0. The van der Waals surface area contributed by atoms with Gasteiger partial charge < -0.3 is 10.0 Å². The molecule has 1 aromatic rings. The monoisotopic (exact) mass is 271 g/mol. The van der Waals surface area contributed by atoms with Crippen LogP contribution in [0.15, 0.2) is 18.2 Å². The molecule has 6 heteroatoms. The molecular weight excluding hydrogens is 257 g/mol. The molecule has 1 N–H and O–H groups in total. The summed E-state index contributed by atoms with van der Waals surface area (Å²) in [4.78, 5) is 24.4. The molecule has 0 saturated carbocycles. The van der Waals surface area contributed by atoms with Crippen molar-refractivity contribution < 1.29 is 19.1 Å². The van der Waals surface area contributed by atoms with Gasteiger partial charge in [-0.25, -0.2) is 4.39 Å². The number of thioether (sulfide) groups is 1. The molecule has 0 radical (unpaired) electrons. The third-order valence-corrected chi connectivity index (χ3v) is 3.13. The smallest absolute Gasteiger partial charge is 0.232 e. The van der Waals surface area contributed by atoms with Gasteiger partial charge in [0.15, 0.2) is 5.78 Å². The van der Waals surface area contributed by atoms with E-state index in [4.69, 9.17) is 0 Å². The number of aromatic hydroxyl groups is 1. The van der Waals surface area contributed by atoms with Crippen LogP contribution in [0.1, 0.15) is 10.4 Å². The summed E-state index contributed by atoms with van der Waals surface area (Å²) in [6, 6.07) is 3.21. The van der Waals surface area contributed by atoms with Gasteiger partial charge in [-0.3, -0.25) is 9.59 Å². The third kappa shape index (κ3) is 4.03. The number of phenolic OH excluding ortho intramolecular Hbond substituents is 1. The molecule has 0 saturated heterocycles. The Hall–Kier alpha value is -1.56. The summed E-state index contributed by atoms with van der Waals surface area (Å²) in [5.74, 6) is -1.13. The van der Waals surface area contributed by atoms with Gasteiger partial charge in [0.2, 0.25) is 5.91 Å². The molecule has 0 aliphatic carbocycles. The van der Waals surface area contributed by atoms with E-state index in [1.807, 2.05) is 0 Å². The number of carbonyl (C=O) groups excluding carboxylic acids is 2. The van der Waals surface area contributed by atoms with E-state index in [2.05, 4.69) is 0 Å². The van der Waals surface area contributed by atoms with Gasteiger partial charge in [0.25, 0.3) is 0 Å². The Balaban J connectivity index is 2.56. The number of ketones is 1. The SMILES string of the molecule is CN(C)C(=O)CSCC(=O)c1cc(F)ccc1O. The summed E-state index contributed by atoms with van der Waals surface area (Å²) in [5, 5.41) is 9.43. The number of nitrogens with zero attached hydrogens (tertiary/aromatic N) is 1. The molecule has 0 fully saturated rings. The minimum absolute atomic E-state index is 0.0244. The molecule has 0 aliphatic rings. The zero-order valence-corrected chi connectivity index (χ0v) is 11.0. The Kier molecular flexibility index (Phi) is 5.15. The zero-order chi connectivity index (χ0) is 13.7. The summed E-state index contributed by atoms with van der Waals surface area (Å²) in [5.41, 5.74) is -0.0557. The first-order valence-electron chi connectivity index (χ1n) is 5.21. The second-order valence-corrected chi connectivity index (χ2v) is 4.85. The highest BCUT2D eigenvalue weighted by Crippen LogP contribution is 2.20. The van der Waals surface area contributed by atoms with Crippen molar-refractivity contribution in [1.82, 2.24) is 4.90 Å². The van der Waals surface area contributed by atoms with E-state index < -0.39 is 11.6 Å². The lowest BCUT2D eigenvalue weighted by molar-refractivity contribution is -0.125. The van der Waals surface area contributed by atoms with E-state index in [1.54, 1.807) is 14.1 Å². The van der Waals surface area contributed by atoms with Gasteiger partial charge in [-0.05, 0) is 18.2 Å². The Morgan fingerprint density at radius 3 is 2.61 bits per heavy atom. The molecule has 18 heavy (non-hydrogen) atoms. The number of rotatable bonds is 5. The van der Waals surface area contributed by atoms with Crippen LogP contribution in [-0.2, 0) is 4.79 Å². The number of hydrogen-bond acceptors (Lipinski definition) is 4. The van der Waals surface area contributed by atoms with Crippen LogP contribution < -0.4 is 0 Å².